The number of primary amides is 1. The first-order chi connectivity index (χ1) is 7.75. The molecule has 0 aliphatic carbocycles. The van der Waals surface area contributed by atoms with Gasteiger partial charge in [0, 0.05) is 11.6 Å². The first-order valence-corrected chi connectivity index (χ1v) is 5.05. The van der Waals surface area contributed by atoms with Crippen molar-refractivity contribution in [2.24, 2.45) is 5.73 Å². The fourth-order valence-electron chi connectivity index (χ4n) is 1.54. The van der Waals surface area contributed by atoms with Gasteiger partial charge in [0.05, 0.1) is 5.52 Å². The number of allylic oxidation sites excluding steroid dienone is 1. The minimum absolute atomic E-state index is 0.422. The van der Waals surface area contributed by atoms with Crippen LogP contribution < -0.4 is 5.73 Å². The Bertz CT molecular complexity index is 546. The third-order valence-electron chi connectivity index (χ3n) is 2.28. The van der Waals surface area contributed by atoms with E-state index in [9.17, 15) is 4.79 Å². The van der Waals surface area contributed by atoms with Crippen LogP contribution in [0.5, 0.6) is 0 Å². The maximum absolute atomic E-state index is 10.5. The fourth-order valence-corrected chi connectivity index (χ4v) is 1.54. The SMILES string of the molecule is NC(=O)/C=C/Cc1cnc2ccccc2c1. The average Bonchev–Trinajstić information content (AvgIpc) is 2.28. The molecule has 1 aromatic heterocycles. The summed E-state index contributed by atoms with van der Waals surface area (Å²) in [5.41, 5.74) is 7.05. The Kier molecular flexibility index (Phi) is 2.96. The molecule has 1 aromatic carbocycles. The zero-order chi connectivity index (χ0) is 11.4. The smallest absolute Gasteiger partial charge is 0.241 e. The number of aromatic nitrogens is 1. The molecule has 0 saturated carbocycles. The summed E-state index contributed by atoms with van der Waals surface area (Å²) in [7, 11) is 0. The van der Waals surface area contributed by atoms with Crippen molar-refractivity contribution in [1.29, 1.82) is 0 Å². The Balaban J connectivity index is 2.23. The van der Waals surface area contributed by atoms with Crippen LogP contribution in [-0.4, -0.2) is 10.9 Å². The van der Waals surface area contributed by atoms with E-state index in [2.05, 4.69) is 11.1 Å². The number of carbonyl (C=O) groups is 1. The van der Waals surface area contributed by atoms with Gasteiger partial charge < -0.3 is 5.73 Å². The Morgan fingerprint density at radius 1 is 1.38 bits per heavy atom. The molecular weight excluding hydrogens is 200 g/mol. The average molecular weight is 212 g/mol. The van der Waals surface area contributed by atoms with E-state index >= 15 is 0 Å². The Morgan fingerprint density at radius 3 is 3.00 bits per heavy atom. The number of hydrogen-bond acceptors (Lipinski definition) is 2. The van der Waals surface area contributed by atoms with Gasteiger partial charge in [-0.25, -0.2) is 0 Å². The molecule has 0 unspecified atom stereocenters. The van der Waals surface area contributed by atoms with Crippen molar-refractivity contribution < 1.29 is 4.79 Å². The summed E-state index contributed by atoms with van der Waals surface area (Å²) in [5, 5.41) is 1.10. The van der Waals surface area contributed by atoms with E-state index in [-0.39, 0.29) is 0 Å². The standard InChI is InChI=1S/C13H12N2O/c14-13(16)7-3-4-10-8-11-5-1-2-6-12(11)15-9-10/h1-3,5-9H,4H2,(H2,14,16)/b7-3+. The highest BCUT2D eigenvalue weighted by atomic mass is 16.1. The van der Waals surface area contributed by atoms with Crippen molar-refractivity contribution in [3.63, 3.8) is 0 Å². The van der Waals surface area contributed by atoms with Crippen molar-refractivity contribution in [3.05, 3.63) is 54.2 Å². The van der Waals surface area contributed by atoms with E-state index < -0.39 is 5.91 Å². The molecule has 0 radical (unpaired) electrons. The number of nitrogens with zero attached hydrogens (tertiary/aromatic N) is 1. The molecule has 0 saturated heterocycles. The fraction of sp³-hybridized carbons (Fsp3) is 0.0769. The number of carbonyl (C=O) groups excluding carboxylic acids is 1. The summed E-state index contributed by atoms with van der Waals surface area (Å²) in [5.74, 6) is -0.422. The highest BCUT2D eigenvalue weighted by Crippen LogP contribution is 2.13. The molecule has 16 heavy (non-hydrogen) atoms. The van der Waals surface area contributed by atoms with E-state index in [0.29, 0.717) is 6.42 Å². The van der Waals surface area contributed by atoms with Crippen LogP contribution in [-0.2, 0) is 11.2 Å². The Labute approximate surface area is 93.6 Å². The Morgan fingerprint density at radius 2 is 2.19 bits per heavy atom. The van der Waals surface area contributed by atoms with E-state index in [1.165, 1.54) is 6.08 Å². The molecular formula is C13H12N2O. The molecule has 3 nitrogen and oxygen atoms in total. The number of amides is 1. The molecule has 80 valence electrons. The first-order valence-electron chi connectivity index (χ1n) is 5.05. The van der Waals surface area contributed by atoms with Gasteiger partial charge in [-0.1, -0.05) is 24.3 Å². The molecule has 0 atom stereocenters. The second-order valence-electron chi connectivity index (χ2n) is 3.55. The predicted octanol–water partition coefficient (Wildman–Crippen LogP) is 1.82. The van der Waals surface area contributed by atoms with Crippen LogP contribution in [0.4, 0.5) is 0 Å². The van der Waals surface area contributed by atoms with Gasteiger partial charge in [-0.2, -0.15) is 0 Å². The molecule has 0 bridgehead atoms. The van der Waals surface area contributed by atoms with Crippen LogP contribution in [0.3, 0.4) is 0 Å². The summed E-state index contributed by atoms with van der Waals surface area (Å²) in [6.45, 7) is 0. The summed E-state index contributed by atoms with van der Waals surface area (Å²) in [6.07, 6.45) is 5.59. The van der Waals surface area contributed by atoms with Crippen LogP contribution in [0.15, 0.2) is 48.7 Å². The molecule has 0 spiro atoms. The van der Waals surface area contributed by atoms with E-state index in [1.54, 1.807) is 6.08 Å². The van der Waals surface area contributed by atoms with Crippen molar-refractivity contribution in [2.75, 3.05) is 0 Å². The number of nitrogens with two attached hydrogens (primary N) is 1. The Hall–Kier alpha value is -2.16. The quantitative estimate of drug-likeness (QED) is 0.789. The zero-order valence-corrected chi connectivity index (χ0v) is 8.76. The normalized spacial score (nSPS) is 11.0. The molecule has 2 aromatic rings. The minimum atomic E-state index is -0.422. The lowest BCUT2D eigenvalue weighted by Gasteiger charge is -1.99. The van der Waals surface area contributed by atoms with Gasteiger partial charge in [-0.3, -0.25) is 9.78 Å². The van der Waals surface area contributed by atoms with Crippen LogP contribution >= 0.6 is 0 Å². The second kappa shape index (κ2) is 4.57. The third-order valence-corrected chi connectivity index (χ3v) is 2.28. The maximum atomic E-state index is 10.5. The van der Waals surface area contributed by atoms with Crippen molar-refractivity contribution in [1.82, 2.24) is 4.98 Å². The minimum Gasteiger partial charge on any atom is -0.366 e. The molecule has 3 heteroatoms. The van der Waals surface area contributed by atoms with Gasteiger partial charge in [0.25, 0.3) is 0 Å². The lowest BCUT2D eigenvalue weighted by Crippen LogP contribution is -2.05. The highest BCUT2D eigenvalue weighted by molar-refractivity contribution is 5.85. The number of fused-ring (bicyclic) bond motifs is 1. The van der Waals surface area contributed by atoms with Crippen LogP contribution in [0.2, 0.25) is 0 Å². The number of pyridine rings is 1. The predicted molar refractivity (Wildman–Crippen MR) is 63.8 cm³/mol. The van der Waals surface area contributed by atoms with Crippen LogP contribution in [0.1, 0.15) is 5.56 Å². The third kappa shape index (κ3) is 2.45. The van der Waals surface area contributed by atoms with E-state index in [0.717, 1.165) is 16.5 Å². The molecule has 2 N–H and O–H groups in total. The van der Waals surface area contributed by atoms with Gasteiger partial charge in [0.2, 0.25) is 5.91 Å². The largest absolute Gasteiger partial charge is 0.366 e. The topological polar surface area (TPSA) is 56.0 Å². The molecule has 0 fully saturated rings. The molecule has 2 rings (SSSR count). The molecule has 1 amide bonds. The second-order valence-corrected chi connectivity index (χ2v) is 3.55. The summed E-state index contributed by atoms with van der Waals surface area (Å²) < 4.78 is 0. The number of rotatable bonds is 3. The monoisotopic (exact) mass is 212 g/mol. The van der Waals surface area contributed by atoms with Gasteiger partial charge in [0.1, 0.15) is 0 Å². The van der Waals surface area contributed by atoms with Crippen molar-refractivity contribution in [3.8, 4) is 0 Å². The van der Waals surface area contributed by atoms with Gasteiger partial charge in [-0.05, 0) is 30.2 Å². The molecule has 0 aliphatic rings. The number of para-hydroxylation sites is 1. The molecule has 1 heterocycles. The maximum Gasteiger partial charge on any atom is 0.241 e. The van der Waals surface area contributed by atoms with E-state index in [4.69, 9.17) is 5.73 Å². The van der Waals surface area contributed by atoms with Crippen molar-refractivity contribution >= 4 is 16.8 Å². The van der Waals surface area contributed by atoms with Crippen LogP contribution in [0, 0.1) is 0 Å². The summed E-state index contributed by atoms with van der Waals surface area (Å²) in [6, 6.07) is 9.99. The zero-order valence-electron chi connectivity index (χ0n) is 8.76. The highest BCUT2D eigenvalue weighted by Gasteiger charge is 1.95. The lowest BCUT2D eigenvalue weighted by molar-refractivity contribution is -0.113. The van der Waals surface area contributed by atoms with Gasteiger partial charge >= 0.3 is 0 Å². The summed E-state index contributed by atoms with van der Waals surface area (Å²) in [4.78, 5) is 14.9. The first kappa shape index (κ1) is 10.4. The number of hydrogen-bond donors (Lipinski definition) is 1. The van der Waals surface area contributed by atoms with E-state index in [1.807, 2.05) is 30.5 Å². The van der Waals surface area contributed by atoms with Crippen LogP contribution in [0.25, 0.3) is 10.9 Å². The van der Waals surface area contributed by atoms with Gasteiger partial charge in [0.15, 0.2) is 0 Å². The van der Waals surface area contributed by atoms with Gasteiger partial charge in [-0.15, -0.1) is 0 Å². The van der Waals surface area contributed by atoms with Crippen molar-refractivity contribution in [2.45, 2.75) is 6.42 Å². The summed E-state index contributed by atoms with van der Waals surface area (Å²) >= 11 is 0. The lowest BCUT2D eigenvalue weighted by atomic mass is 10.1. The molecule has 0 aliphatic heterocycles. The number of benzene rings is 1.